The molecular weight excluding hydrogens is 200 g/mol. The van der Waals surface area contributed by atoms with E-state index in [1.165, 1.54) is 12.1 Å². The van der Waals surface area contributed by atoms with Crippen molar-refractivity contribution in [3.05, 3.63) is 35.4 Å². The second kappa shape index (κ2) is 4.98. The van der Waals surface area contributed by atoms with Crippen molar-refractivity contribution < 1.29 is 13.6 Å². The lowest BCUT2D eigenvalue weighted by Crippen LogP contribution is -2.31. The molecule has 0 aliphatic carbocycles. The van der Waals surface area contributed by atoms with Crippen molar-refractivity contribution in [1.82, 2.24) is 0 Å². The molecule has 4 heteroatoms. The van der Waals surface area contributed by atoms with Crippen LogP contribution in [0.4, 0.5) is 8.78 Å². The van der Waals surface area contributed by atoms with Gasteiger partial charge in [-0.2, -0.15) is 0 Å². The van der Waals surface area contributed by atoms with Crippen LogP contribution in [-0.4, -0.2) is 11.8 Å². The first kappa shape index (κ1) is 11.8. The molecule has 0 heterocycles. The van der Waals surface area contributed by atoms with Gasteiger partial charge in [-0.25, -0.2) is 8.78 Å². The highest BCUT2D eigenvalue weighted by Gasteiger charge is 2.20. The molecule has 1 atom stereocenters. The number of Topliss-reactive ketones (excluding diaryl/α,β-unsaturated/α-hetero) is 1. The molecule has 1 rings (SSSR count). The van der Waals surface area contributed by atoms with E-state index in [0.29, 0.717) is 6.42 Å². The van der Waals surface area contributed by atoms with E-state index in [1.807, 2.05) is 6.92 Å². The SMILES string of the molecule is CCCC(N)C(=O)c1cccc(F)c1F. The van der Waals surface area contributed by atoms with E-state index >= 15 is 0 Å². The van der Waals surface area contributed by atoms with Gasteiger partial charge in [0.05, 0.1) is 11.6 Å². The van der Waals surface area contributed by atoms with Gasteiger partial charge in [-0.3, -0.25) is 4.79 Å². The molecule has 0 saturated carbocycles. The Balaban J connectivity index is 2.96. The molecule has 0 bridgehead atoms. The molecule has 0 aliphatic rings. The van der Waals surface area contributed by atoms with Crippen LogP contribution in [0.15, 0.2) is 18.2 Å². The van der Waals surface area contributed by atoms with E-state index in [1.54, 1.807) is 0 Å². The lowest BCUT2D eigenvalue weighted by Gasteiger charge is -2.09. The quantitative estimate of drug-likeness (QED) is 0.779. The molecule has 82 valence electrons. The average molecular weight is 213 g/mol. The predicted molar refractivity (Wildman–Crippen MR) is 53.6 cm³/mol. The molecule has 0 aromatic heterocycles. The van der Waals surface area contributed by atoms with E-state index in [0.717, 1.165) is 12.5 Å². The van der Waals surface area contributed by atoms with Gasteiger partial charge < -0.3 is 5.73 Å². The van der Waals surface area contributed by atoms with Gasteiger partial charge in [0.2, 0.25) is 0 Å². The Hall–Kier alpha value is -1.29. The van der Waals surface area contributed by atoms with Crippen molar-refractivity contribution in [2.24, 2.45) is 5.73 Å². The maximum atomic E-state index is 13.2. The molecule has 15 heavy (non-hydrogen) atoms. The monoisotopic (exact) mass is 213 g/mol. The molecule has 0 amide bonds. The van der Waals surface area contributed by atoms with Crippen molar-refractivity contribution in [2.45, 2.75) is 25.8 Å². The highest BCUT2D eigenvalue weighted by atomic mass is 19.2. The van der Waals surface area contributed by atoms with Gasteiger partial charge in [-0.05, 0) is 18.6 Å². The number of ketones is 1. The molecule has 0 saturated heterocycles. The first-order valence-corrected chi connectivity index (χ1v) is 4.81. The van der Waals surface area contributed by atoms with Gasteiger partial charge in [0.25, 0.3) is 0 Å². The molecule has 2 N–H and O–H groups in total. The summed E-state index contributed by atoms with van der Waals surface area (Å²) >= 11 is 0. The molecule has 0 spiro atoms. The zero-order valence-electron chi connectivity index (χ0n) is 8.47. The van der Waals surface area contributed by atoms with E-state index in [4.69, 9.17) is 5.73 Å². The first-order valence-electron chi connectivity index (χ1n) is 4.81. The molecule has 1 aromatic carbocycles. The number of carbonyl (C=O) groups excluding carboxylic acids is 1. The summed E-state index contributed by atoms with van der Waals surface area (Å²) in [7, 11) is 0. The fourth-order valence-corrected chi connectivity index (χ4v) is 1.34. The van der Waals surface area contributed by atoms with Crippen molar-refractivity contribution >= 4 is 5.78 Å². The molecule has 0 aliphatic heterocycles. The number of nitrogens with two attached hydrogens (primary N) is 1. The van der Waals surface area contributed by atoms with Crippen molar-refractivity contribution in [3.63, 3.8) is 0 Å². The average Bonchev–Trinajstić information content (AvgIpc) is 2.21. The van der Waals surface area contributed by atoms with Crippen LogP contribution in [0, 0.1) is 11.6 Å². The van der Waals surface area contributed by atoms with Gasteiger partial charge in [0, 0.05) is 0 Å². The highest BCUT2D eigenvalue weighted by molar-refractivity contribution is 6.00. The fourth-order valence-electron chi connectivity index (χ4n) is 1.34. The largest absolute Gasteiger partial charge is 0.321 e. The second-order valence-electron chi connectivity index (χ2n) is 3.36. The standard InChI is InChI=1S/C11H13F2NO/c1-2-4-9(14)11(15)7-5-3-6-8(12)10(7)13/h3,5-6,9H,2,4,14H2,1H3. The fraction of sp³-hybridized carbons (Fsp3) is 0.364. The van der Waals surface area contributed by atoms with E-state index < -0.39 is 23.5 Å². The van der Waals surface area contributed by atoms with Gasteiger partial charge in [-0.15, -0.1) is 0 Å². The molecule has 2 nitrogen and oxygen atoms in total. The van der Waals surface area contributed by atoms with Crippen molar-refractivity contribution in [2.75, 3.05) is 0 Å². The Morgan fingerprint density at radius 1 is 1.47 bits per heavy atom. The predicted octanol–water partition coefficient (Wildman–Crippen LogP) is 2.27. The van der Waals surface area contributed by atoms with Crippen LogP contribution in [-0.2, 0) is 0 Å². The summed E-state index contributed by atoms with van der Waals surface area (Å²) in [6, 6.07) is 2.75. The summed E-state index contributed by atoms with van der Waals surface area (Å²) in [5, 5.41) is 0. The lowest BCUT2D eigenvalue weighted by atomic mass is 10.0. The normalized spacial score (nSPS) is 12.5. The first-order chi connectivity index (χ1) is 7.07. The smallest absolute Gasteiger partial charge is 0.182 e. The maximum absolute atomic E-state index is 13.2. The number of hydrogen-bond donors (Lipinski definition) is 1. The summed E-state index contributed by atoms with van der Waals surface area (Å²) < 4.78 is 26.0. The zero-order valence-corrected chi connectivity index (χ0v) is 8.47. The van der Waals surface area contributed by atoms with Crippen LogP contribution in [0.1, 0.15) is 30.1 Å². The van der Waals surface area contributed by atoms with Crippen LogP contribution in [0.2, 0.25) is 0 Å². The Bertz CT molecular complexity index is 366. The number of hydrogen-bond acceptors (Lipinski definition) is 2. The van der Waals surface area contributed by atoms with Gasteiger partial charge >= 0.3 is 0 Å². The minimum Gasteiger partial charge on any atom is -0.321 e. The minimum atomic E-state index is -1.12. The molecule has 1 unspecified atom stereocenters. The van der Waals surface area contributed by atoms with Crippen LogP contribution in [0.3, 0.4) is 0 Å². The molecule has 0 radical (unpaired) electrons. The maximum Gasteiger partial charge on any atom is 0.182 e. The van der Waals surface area contributed by atoms with E-state index in [9.17, 15) is 13.6 Å². The lowest BCUT2D eigenvalue weighted by molar-refractivity contribution is 0.0952. The summed E-state index contributed by atoms with van der Waals surface area (Å²) in [6.07, 6.45) is 1.19. The molecule has 0 fully saturated rings. The Morgan fingerprint density at radius 3 is 2.73 bits per heavy atom. The molecular formula is C11H13F2NO. The number of carbonyl (C=O) groups is 1. The van der Waals surface area contributed by atoms with E-state index in [2.05, 4.69) is 0 Å². The third-order valence-corrected chi connectivity index (χ3v) is 2.15. The third kappa shape index (κ3) is 2.59. The van der Waals surface area contributed by atoms with Crippen LogP contribution < -0.4 is 5.73 Å². The Labute approximate surface area is 87.1 Å². The Morgan fingerprint density at radius 2 is 2.13 bits per heavy atom. The summed E-state index contributed by atoms with van der Waals surface area (Å²) in [5.74, 6) is -2.69. The summed E-state index contributed by atoms with van der Waals surface area (Å²) in [4.78, 5) is 11.6. The summed E-state index contributed by atoms with van der Waals surface area (Å²) in [5.41, 5.74) is 5.27. The van der Waals surface area contributed by atoms with E-state index in [-0.39, 0.29) is 5.56 Å². The number of benzene rings is 1. The van der Waals surface area contributed by atoms with Gasteiger partial charge in [0.15, 0.2) is 17.4 Å². The molecule has 1 aromatic rings. The second-order valence-corrected chi connectivity index (χ2v) is 3.36. The van der Waals surface area contributed by atoms with Crippen molar-refractivity contribution in [1.29, 1.82) is 0 Å². The van der Waals surface area contributed by atoms with Crippen LogP contribution >= 0.6 is 0 Å². The van der Waals surface area contributed by atoms with Gasteiger partial charge in [0.1, 0.15) is 0 Å². The zero-order chi connectivity index (χ0) is 11.4. The summed E-state index contributed by atoms with van der Waals surface area (Å²) in [6.45, 7) is 1.87. The van der Waals surface area contributed by atoms with Gasteiger partial charge in [-0.1, -0.05) is 19.4 Å². The third-order valence-electron chi connectivity index (χ3n) is 2.15. The van der Waals surface area contributed by atoms with Crippen LogP contribution in [0.25, 0.3) is 0 Å². The highest BCUT2D eigenvalue weighted by Crippen LogP contribution is 2.14. The number of halogens is 2. The topological polar surface area (TPSA) is 43.1 Å². The van der Waals surface area contributed by atoms with Crippen LogP contribution in [0.5, 0.6) is 0 Å². The number of rotatable bonds is 4. The van der Waals surface area contributed by atoms with Crippen molar-refractivity contribution in [3.8, 4) is 0 Å². The Kier molecular flexibility index (Phi) is 3.91. The minimum absolute atomic E-state index is 0.268.